The summed E-state index contributed by atoms with van der Waals surface area (Å²) in [6.07, 6.45) is 4.75. The van der Waals surface area contributed by atoms with E-state index in [0.717, 1.165) is 36.1 Å². The molecular weight excluding hydrogens is 546 g/mol. The minimum absolute atomic E-state index is 0.132. The summed E-state index contributed by atoms with van der Waals surface area (Å²) in [6.45, 7) is 6.27. The molecule has 4 N–H and O–H groups in total. The molecule has 3 atom stereocenters. The van der Waals surface area contributed by atoms with E-state index in [1.165, 1.54) is 13.2 Å². The molecule has 42 heavy (non-hydrogen) atoms. The smallest absolute Gasteiger partial charge is 0.324 e. The Morgan fingerprint density at radius 3 is 2.40 bits per heavy atom. The van der Waals surface area contributed by atoms with Gasteiger partial charge in [-0.15, -0.1) is 0 Å². The average molecular weight is 590 g/mol. The fourth-order valence-corrected chi connectivity index (χ4v) is 4.24. The number of amides is 3. The molecule has 2 aliphatic rings. The number of aromatic hydroxyl groups is 1. The number of methoxy groups -OCH3 is 1. The number of hydrogen-bond acceptors (Lipinski definition) is 11. The van der Waals surface area contributed by atoms with Gasteiger partial charge in [0.15, 0.2) is 0 Å². The van der Waals surface area contributed by atoms with Crippen molar-refractivity contribution < 1.29 is 38.6 Å². The van der Waals surface area contributed by atoms with Gasteiger partial charge in [0.05, 0.1) is 25.7 Å². The summed E-state index contributed by atoms with van der Waals surface area (Å²) >= 11 is 0. The zero-order valence-corrected chi connectivity index (χ0v) is 25.1. The van der Waals surface area contributed by atoms with Crippen LogP contribution < -0.4 is 16.1 Å². The van der Waals surface area contributed by atoms with E-state index in [0.29, 0.717) is 18.3 Å². The highest BCUT2D eigenvalue weighted by molar-refractivity contribution is 6.16. The molecule has 13 heteroatoms. The van der Waals surface area contributed by atoms with Gasteiger partial charge in [0.2, 0.25) is 5.91 Å². The third kappa shape index (κ3) is 11.9. The van der Waals surface area contributed by atoms with E-state index in [1.54, 1.807) is 38.2 Å². The van der Waals surface area contributed by atoms with E-state index in [9.17, 15) is 33.9 Å². The van der Waals surface area contributed by atoms with Gasteiger partial charge in [-0.3, -0.25) is 24.1 Å². The molecule has 1 saturated heterocycles. The van der Waals surface area contributed by atoms with Gasteiger partial charge < -0.3 is 30.1 Å². The van der Waals surface area contributed by atoms with Crippen molar-refractivity contribution in [3.63, 3.8) is 0 Å². The summed E-state index contributed by atoms with van der Waals surface area (Å²) in [4.78, 5) is 66.9. The molecule has 0 aliphatic carbocycles. The van der Waals surface area contributed by atoms with Crippen LogP contribution in [0.15, 0.2) is 35.9 Å². The Labute approximate surface area is 246 Å². The van der Waals surface area contributed by atoms with Crippen LogP contribution in [0.25, 0.3) is 0 Å². The minimum atomic E-state index is -0.598. The number of carbonyl (C=O) groups excluding carboxylic acids is 6. The van der Waals surface area contributed by atoms with E-state index in [-0.39, 0.29) is 48.1 Å². The van der Waals surface area contributed by atoms with Crippen LogP contribution in [0.2, 0.25) is 0 Å². The number of likely N-dealkylation sites (N-methyl/N-ethyl adjacent to an activating group) is 1. The van der Waals surface area contributed by atoms with Gasteiger partial charge in [-0.2, -0.15) is 0 Å². The van der Waals surface area contributed by atoms with Crippen molar-refractivity contribution in [3.8, 4) is 5.75 Å². The number of aldehydes is 2. The van der Waals surface area contributed by atoms with Crippen molar-refractivity contribution >= 4 is 36.3 Å². The van der Waals surface area contributed by atoms with Crippen molar-refractivity contribution in [1.82, 2.24) is 26.0 Å². The Bertz CT molecular complexity index is 1120. The Balaban J connectivity index is 0.000000340. The Morgan fingerprint density at radius 1 is 1.24 bits per heavy atom. The highest BCUT2D eigenvalue weighted by atomic mass is 16.5. The van der Waals surface area contributed by atoms with Crippen molar-refractivity contribution in [2.45, 2.75) is 58.2 Å². The van der Waals surface area contributed by atoms with Gasteiger partial charge in [0, 0.05) is 25.2 Å². The van der Waals surface area contributed by atoms with Crippen molar-refractivity contribution in [2.75, 3.05) is 34.3 Å². The molecular formula is C29H43N5O8. The van der Waals surface area contributed by atoms with Crippen LogP contribution in [-0.2, 0) is 39.9 Å². The van der Waals surface area contributed by atoms with E-state index in [1.807, 2.05) is 25.9 Å². The zero-order valence-electron chi connectivity index (χ0n) is 25.1. The van der Waals surface area contributed by atoms with Crippen molar-refractivity contribution in [2.24, 2.45) is 5.92 Å². The number of nitrogens with zero attached hydrogens (tertiary/aromatic N) is 2. The molecule has 1 fully saturated rings. The standard InChI is InChI=1S/C15H22N2O3.C7H14N2O2.C7H7NO3/c1-10(2)14(16-3)15(20)17-12(9-18)7-11-5-4-6-13(19)8-11;1-9-5-3-4-6(8-9)7(10)11-2;1-5-4-6(10)8(2-3-9)7(5)11/h4-6,8-10,12,14,16,19H,7H2,1-3H3,(H,17,20);6,8H,3-5H2,1-2H3;3-4H,2H2,1H3. The molecule has 0 radical (unpaired) electrons. The molecule has 3 unspecified atom stereocenters. The summed E-state index contributed by atoms with van der Waals surface area (Å²) in [5.41, 5.74) is 4.21. The fourth-order valence-electron chi connectivity index (χ4n) is 4.24. The number of imide groups is 1. The van der Waals surface area contributed by atoms with Gasteiger partial charge in [-0.05, 0) is 56.8 Å². The number of phenolic OH excluding ortho intramolecular Hbond substituents is 1. The summed E-state index contributed by atoms with van der Waals surface area (Å²) in [5, 5.41) is 17.0. The monoisotopic (exact) mass is 589 g/mol. The lowest BCUT2D eigenvalue weighted by Crippen LogP contribution is -2.51. The lowest BCUT2D eigenvalue weighted by molar-refractivity contribution is -0.146. The van der Waals surface area contributed by atoms with E-state index < -0.39 is 11.9 Å². The van der Waals surface area contributed by atoms with E-state index in [4.69, 9.17) is 0 Å². The van der Waals surface area contributed by atoms with Crippen LogP contribution >= 0.6 is 0 Å². The Hall–Kier alpha value is -3.94. The highest BCUT2D eigenvalue weighted by Crippen LogP contribution is 2.13. The third-order valence-electron chi connectivity index (χ3n) is 6.41. The first-order valence-electron chi connectivity index (χ1n) is 13.6. The number of ether oxygens (including phenoxy) is 1. The number of hydrogen-bond donors (Lipinski definition) is 4. The number of benzene rings is 1. The second kappa shape index (κ2) is 18.5. The first-order chi connectivity index (χ1) is 19.9. The molecule has 232 valence electrons. The number of esters is 1. The number of nitrogens with one attached hydrogen (secondary N) is 3. The molecule has 3 amide bonds. The lowest BCUT2D eigenvalue weighted by Gasteiger charge is -2.29. The predicted molar refractivity (Wildman–Crippen MR) is 155 cm³/mol. The van der Waals surface area contributed by atoms with Crippen molar-refractivity contribution in [1.29, 1.82) is 0 Å². The zero-order chi connectivity index (χ0) is 31.8. The second-order valence-electron chi connectivity index (χ2n) is 10.2. The SMILES string of the molecule is CC1=CC(=O)N(CC=O)C1=O.CNC(C(=O)NC(C=O)Cc1cccc(O)c1)C(C)C.COC(=O)C1CCCN(C)N1. The molecule has 13 nitrogen and oxygen atoms in total. The van der Waals surface area contributed by atoms with Crippen LogP contribution in [0.1, 0.15) is 39.2 Å². The van der Waals surface area contributed by atoms with Crippen LogP contribution in [-0.4, -0.2) is 104 Å². The highest BCUT2D eigenvalue weighted by Gasteiger charge is 2.27. The van der Waals surface area contributed by atoms with Gasteiger partial charge in [-0.25, -0.2) is 10.4 Å². The quantitative estimate of drug-likeness (QED) is 0.166. The maximum Gasteiger partial charge on any atom is 0.324 e. The molecule has 0 saturated carbocycles. The molecule has 3 rings (SSSR count). The molecule has 0 bridgehead atoms. The number of phenols is 1. The maximum absolute atomic E-state index is 12.1. The largest absolute Gasteiger partial charge is 0.508 e. The van der Waals surface area contributed by atoms with Gasteiger partial charge in [-0.1, -0.05) is 26.0 Å². The van der Waals surface area contributed by atoms with Crippen LogP contribution in [0, 0.1) is 5.92 Å². The predicted octanol–water partition coefficient (Wildman–Crippen LogP) is 0.121. The van der Waals surface area contributed by atoms with Gasteiger partial charge >= 0.3 is 5.97 Å². The first-order valence-corrected chi connectivity index (χ1v) is 13.6. The van der Waals surface area contributed by atoms with Crippen LogP contribution in [0.5, 0.6) is 5.75 Å². The van der Waals surface area contributed by atoms with E-state index in [2.05, 4.69) is 20.8 Å². The average Bonchev–Trinajstić information content (AvgIpc) is 3.19. The molecule has 1 aromatic carbocycles. The second-order valence-corrected chi connectivity index (χ2v) is 10.2. The Morgan fingerprint density at radius 2 is 1.93 bits per heavy atom. The molecule has 1 aromatic rings. The minimum Gasteiger partial charge on any atom is -0.508 e. The van der Waals surface area contributed by atoms with Crippen LogP contribution in [0.3, 0.4) is 0 Å². The molecule has 0 spiro atoms. The maximum atomic E-state index is 12.1. The topological polar surface area (TPSA) is 174 Å². The summed E-state index contributed by atoms with van der Waals surface area (Å²) in [5.74, 6) is -0.861. The number of carbonyl (C=O) groups is 6. The summed E-state index contributed by atoms with van der Waals surface area (Å²) in [6, 6.07) is 5.59. The van der Waals surface area contributed by atoms with E-state index >= 15 is 0 Å². The Kier molecular flexibility index (Phi) is 15.9. The summed E-state index contributed by atoms with van der Waals surface area (Å²) < 4.78 is 4.61. The van der Waals surface area contributed by atoms with Gasteiger partial charge in [0.25, 0.3) is 11.8 Å². The normalized spacial score (nSPS) is 18.0. The van der Waals surface area contributed by atoms with Crippen LogP contribution in [0.4, 0.5) is 0 Å². The molecule has 2 heterocycles. The first kappa shape index (κ1) is 36.1. The van der Waals surface area contributed by atoms with Crippen molar-refractivity contribution in [3.05, 3.63) is 41.5 Å². The molecule has 2 aliphatic heterocycles. The molecule has 0 aromatic heterocycles. The lowest BCUT2D eigenvalue weighted by atomic mass is 10.0. The fraction of sp³-hybridized carbons (Fsp3) is 0.517. The number of hydrazine groups is 1. The summed E-state index contributed by atoms with van der Waals surface area (Å²) in [7, 11) is 5.06. The number of rotatable bonds is 10. The van der Waals surface area contributed by atoms with Gasteiger partial charge in [0.1, 0.15) is 24.4 Å². The third-order valence-corrected chi connectivity index (χ3v) is 6.41.